The molecule has 0 saturated heterocycles. The zero-order valence-corrected chi connectivity index (χ0v) is 28.7. The molecule has 5 rings (SSSR count). The molecule has 1 aliphatic heterocycles. The summed E-state index contributed by atoms with van der Waals surface area (Å²) in [5.41, 5.74) is 3.20. The Morgan fingerprint density at radius 3 is 1.85 bits per heavy atom. The fourth-order valence-electron chi connectivity index (χ4n) is 6.71. The van der Waals surface area contributed by atoms with E-state index in [2.05, 4.69) is 38.2 Å². The van der Waals surface area contributed by atoms with Crippen LogP contribution in [0.5, 0.6) is 5.75 Å². The second-order valence-corrected chi connectivity index (χ2v) is 16.0. The van der Waals surface area contributed by atoms with E-state index in [1.54, 1.807) is 30.3 Å². The molecule has 47 heavy (non-hydrogen) atoms. The number of phenolic OH excluding ortho intramolecular Hbond substituents is 1. The van der Waals surface area contributed by atoms with Crippen LogP contribution < -0.4 is 10.2 Å². The lowest BCUT2D eigenvalue weighted by molar-refractivity contribution is -0.170. The number of benzene rings is 3. The van der Waals surface area contributed by atoms with Crippen LogP contribution in [-0.4, -0.2) is 23.0 Å². The van der Waals surface area contributed by atoms with Gasteiger partial charge >= 0.3 is 12.1 Å². The van der Waals surface area contributed by atoms with Crippen LogP contribution in [0.2, 0.25) is 0 Å². The third-order valence-electron chi connectivity index (χ3n) is 9.26. The number of carbonyl (C=O) groups excluding carboxylic acids is 2. The third-order valence-corrected chi connectivity index (χ3v) is 9.26. The van der Waals surface area contributed by atoms with Crippen molar-refractivity contribution in [2.45, 2.75) is 110 Å². The number of phenols is 1. The third kappa shape index (κ3) is 6.56. The van der Waals surface area contributed by atoms with Crippen molar-refractivity contribution in [3.63, 3.8) is 0 Å². The van der Waals surface area contributed by atoms with Gasteiger partial charge in [-0.2, -0.15) is 13.2 Å². The first-order chi connectivity index (χ1) is 21.6. The van der Waals surface area contributed by atoms with E-state index in [0.717, 1.165) is 16.0 Å². The molecule has 1 heterocycles. The van der Waals surface area contributed by atoms with Crippen LogP contribution in [0, 0.1) is 0 Å². The Bertz CT molecular complexity index is 1720. The zero-order valence-electron chi connectivity index (χ0n) is 28.7. The highest BCUT2D eigenvalue weighted by atomic mass is 19.4. The van der Waals surface area contributed by atoms with Gasteiger partial charge < -0.3 is 10.4 Å². The topological polar surface area (TPSA) is 69.6 Å². The first-order valence-electron chi connectivity index (χ1n) is 16.1. The van der Waals surface area contributed by atoms with Gasteiger partial charge in [-0.15, -0.1) is 0 Å². The SMILES string of the molecule is CC(C)(C)c1ccc([C@H]2CC(=O)C3=C(C2)Nc2ccccc2N(C(=O)C(F)(F)F)[C@@H]3c2cc(C(C)(C)C)c(O)c(C(C)(C)C)c2)cc1. The number of rotatable bonds is 2. The predicted octanol–water partition coefficient (Wildman–Crippen LogP) is 9.75. The predicted molar refractivity (Wildman–Crippen MR) is 181 cm³/mol. The van der Waals surface area contributed by atoms with Crippen LogP contribution in [-0.2, 0) is 25.8 Å². The van der Waals surface area contributed by atoms with Gasteiger partial charge in [0.05, 0.1) is 17.4 Å². The highest BCUT2D eigenvalue weighted by Crippen LogP contribution is 2.50. The van der Waals surface area contributed by atoms with Gasteiger partial charge in [0.1, 0.15) is 5.75 Å². The van der Waals surface area contributed by atoms with Gasteiger partial charge in [-0.1, -0.05) is 98.7 Å². The van der Waals surface area contributed by atoms with Crippen molar-refractivity contribution >= 4 is 23.1 Å². The molecule has 2 aliphatic rings. The first-order valence-corrected chi connectivity index (χ1v) is 16.1. The molecule has 2 N–H and O–H groups in total. The van der Waals surface area contributed by atoms with E-state index in [1.807, 2.05) is 53.7 Å². The number of anilines is 2. The van der Waals surface area contributed by atoms with Crippen LogP contribution in [0.15, 0.2) is 71.9 Å². The number of ketones is 1. The van der Waals surface area contributed by atoms with E-state index in [4.69, 9.17) is 0 Å². The number of nitrogens with zero attached hydrogens (tertiary/aromatic N) is 1. The molecule has 1 aliphatic carbocycles. The van der Waals surface area contributed by atoms with Crippen molar-refractivity contribution in [1.29, 1.82) is 0 Å². The van der Waals surface area contributed by atoms with Crippen LogP contribution in [0.4, 0.5) is 24.5 Å². The average Bonchev–Trinajstić information content (AvgIpc) is 3.09. The monoisotopic (exact) mass is 646 g/mol. The molecule has 8 heteroatoms. The smallest absolute Gasteiger partial charge is 0.471 e. The zero-order chi connectivity index (χ0) is 34.9. The molecule has 3 aromatic carbocycles. The molecule has 0 unspecified atom stereocenters. The number of alkyl halides is 3. The second-order valence-electron chi connectivity index (χ2n) is 16.0. The summed E-state index contributed by atoms with van der Waals surface area (Å²) in [6.45, 7) is 17.8. The molecule has 0 bridgehead atoms. The van der Waals surface area contributed by atoms with E-state index in [1.165, 1.54) is 6.07 Å². The quantitative estimate of drug-likeness (QED) is 0.291. The average molecular weight is 647 g/mol. The molecule has 0 aromatic heterocycles. The summed E-state index contributed by atoms with van der Waals surface area (Å²) < 4.78 is 43.6. The minimum absolute atomic E-state index is 0.0239. The Morgan fingerprint density at radius 1 is 0.787 bits per heavy atom. The van der Waals surface area contributed by atoms with E-state index < -0.39 is 29.0 Å². The van der Waals surface area contributed by atoms with Crippen molar-refractivity contribution in [3.8, 4) is 5.75 Å². The van der Waals surface area contributed by atoms with Gasteiger partial charge in [-0.05, 0) is 80.7 Å². The van der Waals surface area contributed by atoms with Crippen molar-refractivity contribution < 1.29 is 27.9 Å². The van der Waals surface area contributed by atoms with Crippen molar-refractivity contribution in [1.82, 2.24) is 0 Å². The molecule has 2 atom stereocenters. The number of fused-ring (bicyclic) bond motifs is 1. The van der Waals surface area contributed by atoms with Gasteiger partial charge in [-0.3, -0.25) is 14.5 Å². The number of aromatic hydroxyl groups is 1. The maximum atomic E-state index is 14.5. The van der Waals surface area contributed by atoms with Crippen LogP contribution in [0.1, 0.15) is 115 Å². The number of allylic oxidation sites excluding steroid dienone is 1. The number of amides is 1. The summed E-state index contributed by atoms with van der Waals surface area (Å²) in [5.74, 6) is -2.56. The molecular formula is C39H45F3N2O3. The normalized spacial score (nSPS) is 19.1. The fourth-order valence-corrected chi connectivity index (χ4v) is 6.71. The molecule has 3 aromatic rings. The number of hydrogen-bond donors (Lipinski definition) is 2. The Hall–Kier alpha value is -4.07. The van der Waals surface area contributed by atoms with E-state index in [9.17, 15) is 27.9 Å². The molecule has 0 radical (unpaired) electrons. The number of hydrogen-bond acceptors (Lipinski definition) is 4. The van der Waals surface area contributed by atoms with Gasteiger partial charge in [0.25, 0.3) is 0 Å². The first kappa shape index (κ1) is 34.3. The fraction of sp³-hybridized carbons (Fsp3) is 0.436. The van der Waals surface area contributed by atoms with Crippen LogP contribution in [0.3, 0.4) is 0 Å². The van der Waals surface area contributed by atoms with Crippen LogP contribution >= 0.6 is 0 Å². The maximum absolute atomic E-state index is 14.5. The molecule has 1 amide bonds. The number of Topliss-reactive ketones (excluding diaryl/α,β-unsaturated/α-hetero) is 1. The number of carbonyl (C=O) groups is 2. The lowest BCUT2D eigenvalue weighted by Crippen LogP contribution is -2.45. The largest absolute Gasteiger partial charge is 0.507 e. The molecule has 0 spiro atoms. The standard InChI is InChI=1S/C39H45F3N2O3/c1-36(2,3)25-16-14-22(15-17-25)23-20-29-32(31(45)21-23)33(24-18-26(37(4,5)6)34(46)27(19-24)38(7,8)9)44(35(47)39(40,41)42)30-13-11-10-12-28(30)43-29/h10-19,23,33,43,46H,20-21H2,1-9H3/t23-,33-/m1/s1. The molecule has 0 saturated carbocycles. The Balaban J connectivity index is 1.80. The van der Waals surface area contributed by atoms with Crippen molar-refractivity contribution in [2.24, 2.45) is 0 Å². The molecular weight excluding hydrogens is 601 g/mol. The van der Waals surface area contributed by atoms with Gasteiger partial charge in [0.15, 0.2) is 5.78 Å². The summed E-state index contributed by atoms with van der Waals surface area (Å²) in [6, 6.07) is 16.5. The lowest BCUT2D eigenvalue weighted by atomic mass is 9.74. The Labute approximate surface area is 275 Å². The maximum Gasteiger partial charge on any atom is 0.471 e. The van der Waals surface area contributed by atoms with E-state index in [-0.39, 0.29) is 40.5 Å². The van der Waals surface area contributed by atoms with E-state index in [0.29, 0.717) is 34.5 Å². The van der Waals surface area contributed by atoms with Crippen LogP contribution in [0.25, 0.3) is 0 Å². The minimum Gasteiger partial charge on any atom is -0.507 e. The van der Waals surface area contributed by atoms with Gasteiger partial charge in [0.2, 0.25) is 0 Å². The summed E-state index contributed by atoms with van der Waals surface area (Å²) in [4.78, 5) is 28.7. The molecule has 5 nitrogen and oxygen atoms in total. The number of para-hydroxylation sites is 2. The van der Waals surface area contributed by atoms with E-state index >= 15 is 0 Å². The number of halogens is 3. The Kier molecular flexibility index (Phi) is 8.43. The number of nitrogens with one attached hydrogen (secondary N) is 1. The highest BCUT2D eigenvalue weighted by Gasteiger charge is 2.50. The van der Waals surface area contributed by atoms with Crippen molar-refractivity contribution in [3.05, 3.63) is 99.8 Å². The summed E-state index contributed by atoms with van der Waals surface area (Å²) in [7, 11) is 0. The van der Waals surface area contributed by atoms with Gasteiger partial charge in [0, 0.05) is 17.7 Å². The van der Waals surface area contributed by atoms with Gasteiger partial charge in [-0.25, -0.2) is 0 Å². The lowest BCUT2D eigenvalue weighted by Gasteiger charge is -2.37. The minimum atomic E-state index is -5.22. The molecule has 250 valence electrons. The summed E-state index contributed by atoms with van der Waals surface area (Å²) >= 11 is 0. The highest BCUT2D eigenvalue weighted by molar-refractivity contribution is 6.07. The summed E-state index contributed by atoms with van der Waals surface area (Å²) in [5, 5.41) is 14.8. The second kappa shape index (κ2) is 11.6. The Morgan fingerprint density at radius 2 is 1.34 bits per heavy atom. The summed E-state index contributed by atoms with van der Waals surface area (Å²) in [6.07, 6.45) is -4.78. The van der Waals surface area contributed by atoms with Crippen molar-refractivity contribution in [2.75, 3.05) is 10.2 Å². The molecule has 0 fully saturated rings.